The van der Waals surface area contributed by atoms with Crippen LogP contribution in [0.1, 0.15) is 42.2 Å². The number of benzene rings is 2. The van der Waals surface area contributed by atoms with Gasteiger partial charge in [-0.05, 0) is 49.4 Å². The molecule has 1 aliphatic heterocycles. The predicted molar refractivity (Wildman–Crippen MR) is 120 cm³/mol. The average Bonchev–Trinajstić information content (AvgIpc) is 3.32. The maximum Gasteiger partial charge on any atom is 0.324 e. The van der Waals surface area contributed by atoms with Crippen LogP contribution in [0.3, 0.4) is 0 Å². The summed E-state index contributed by atoms with van der Waals surface area (Å²) in [6, 6.07) is 14.7. The van der Waals surface area contributed by atoms with E-state index in [1.54, 1.807) is 7.11 Å². The molecule has 3 atom stereocenters. The highest BCUT2D eigenvalue weighted by Crippen LogP contribution is 2.38. The standard InChI is InChI=1S/C25H26N4O4/c1-15-6-3-4-9-19(15)22-27-23(33-28-22)17-10-11-20-21(13-17)26-25(31)29(24(20)30)14-16-7-5-8-18(12-16)32-2/h3-9,12,17,20-21H,10-11,13-14H2,1-2H3,(H,26,31). The maximum atomic E-state index is 13.2. The minimum absolute atomic E-state index is 0.00885. The summed E-state index contributed by atoms with van der Waals surface area (Å²) in [5.41, 5.74) is 2.87. The third kappa shape index (κ3) is 4.08. The number of urea groups is 1. The van der Waals surface area contributed by atoms with Crippen molar-refractivity contribution in [3.8, 4) is 17.1 Å². The number of rotatable bonds is 5. The number of fused-ring (bicyclic) bond motifs is 1. The molecule has 2 aromatic carbocycles. The quantitative estimate of drug-likeness (QED) is 0.635. The number of aryl methyl sites for hydroxylation is 1. The Hall–Kier alpha value is -3.68. The Balaban J connectivity index is 1.28. The molecule has 3 aromatic rings. The van der Waals surface area contributed by atoms with Crippen molar-refractivity contribution < 1.29 is 18.8 Å². The molecule has 33 heavy (non-hydrogen) atoms. The second-order valence-electron chi connectivity index (χ2n) is 8.72. The number of ether oxygens (including phenoxy) is 1. The summed E-state index contributed by atoms with van der Waals surface area (Å²) in [5.74, 6) is 1.46. The molecule has 0 radical (unpaired) electrons. The fraction of sp³-hybridized carbons (Fsp3) is 0.360. The molecule has 3 amide bonds. The number of hydrogen-bond acceptors (Lipinski definition) is 6. The first-order chi connectivity index (χ1) is 16.0. The molecule has 5 rings (SSSR count). The Kier molecular flexibility index (Phi) is 5.58. The Morgan fingerprint density at radius 1 is 1.15 bits per heavy atom. The van der Waals surface area contributed by atoms with E-state index in [1.165, 1.54) is 4.90 Å². The third-order valence-electron chi connectivity index (χ3n) is 6.64. The van der Waals surface area contributed by atoms with Crippen LogP contribution < -0.4 is 10.1 Å². The molecular formula is C25H26N4O4. The molecule has 8 nitrogen and oxygen atoms in total. The maximum absolute atomic E-state index is 13.2. The van der Waals surface area contributed by atoms with Crippen molar-refractivity contribution >= 4 is 11.9 Å². The van der Waals surface area contributed by atoms with Gasteiger partial charge in [-0.1, -0.05) is 41.6 Å². The molecule has 8 heteroatoms. The minimum Gasteiger partial charge on any atom is -0.497 e. The molecule has 1 aromatic heterocycles. The van der Waals surface area contributed by atoms with Gasteiger partial charge in [0.15, 0.2) is 0 Å². The summed E-state index contributed by atoms with van der Waals surface area (Å²) in [5, 5.41) is 7.21. The molecular weight excluding hydrogens is 420 g/mol. The van der Waals surface area contributed by atoms with Crippen molar-refractivity contribution in [2.24, 2.45) is 5.92 Å². The third-order valence-corrected chi connectivity index (χ3v) is 6.64. The van der Waals surface area contributed by atoms with Gasteiger partial charge in [-0.3, -0.25) is 9.69 Å². The first kappa shape index (κ1) is 21.2. The molecule has 2 heterocycles. The van der Waals surface area contributed by atoms with E-state index >= 15 is 0 Å². The van der Waals surface area contributed by atoms with Crippen LogP contribution >= 0.6 is 0 Å². The van der Waals surface area contributed by atoms with Crippen molar-refractivity contribution in [1.29, 1.82) is 0 Å². The van der Waals surface area contributed by atoms with Crippen molar-refractivity contribution in [1.82, 2.24) is 20.4 Å². The van der Waals surface area contributed by atoms with Gasteiger partial charge in [0, 0.05) is 17.5 Å². The van der Waals surface area contributed by atoms with E-state index in [0.29, 0.717) is 30.3 Å². The van der Waals surface area contributed by atoms with Crippen LogP contribution in [0.15, 0.2) is 53.1 Å². The number of hydrogen-bond donors (Lipinski definition) is 1. The molecule has 3 unspecified atom stereocenters. The van der Waals surface area contributed by atoms with Crippen molar-refractivity contribution in [2.75, 3.05) is 7.11 Å². The lowest BCUT2D eigenvalue weighted by atomic mass is 9.76. The zero-order valence-electron chi connectivity index (χ0n) is 18.7. The van der Waals surface area contributed by atoms with Gasteiger partial charge in [0.1, 0.15) is 5.75 Å². The van der Waals surface area contributed by atoms with Crippen LogP contribution in [0, 0.1) is 12.8 Å². The van der Waals surface area contributed by atoms with Crippen molar-refractivity contribution in [2.45, 2.75) is 44.7 Å². The van der Waals surface area contributed by atoms with Gasteiger partial charge in [0.2, 0.25) is 17.6 Å². The highest BCUT2D eigenvalue weighted by Gasteiger charge is 2.45. The number of aromatic nitrogens is 2. The molecule has 1 saturated heterocycles. The van der Waals surface area contributed by atoms with Gasteiger partial charge in [-0.25, -0.2) is 4.79 Å². The van der Waals surface area contributed by atoms with Gasteiger partial charge >= 0.3 is 6.03 Å². The Morgan fingerprint density at radius 3 is 2.82 bits per heavy atom. The highest BCUT2D eigenvalue weighted by molar-refractivity contribution is 5.98. The van der Waals surface area contributed by atoms with Crippen LogP contribution in [0.4, 0.5) is 4.79 Å². The molecule has 1 N–H and O–H groups in total. The zero-order chi connectivity index (χ0) is 22.9. The van der Waals surface area contributed by atoms with E-state index < -0.39 is 0 Å². The van der Waals surface area contributed by atoms with E-state index in [4.69, 9.17) is 9.26 Å². The molecule has 1 saturated carbocycles. The van der Waals surface area contributed by atoms with Crippen LogP contribution in [0.2, 0.25) is 0 Å². The summed E-state index contributed by atoms with van der Waals surface area (Å²) < 4.78 is 10.8. The highest BCUT2D eigenvalue weighted by atomic mass is 16.5. The second-order valence-corrected chi connectivity index (χ2v) is 8.72. The first-order valence-electron chi connectivity index (χ1n) is 11.2. The van der Waals surface area contributed by atoms with Gasteiger partial charge in [0.05, 0.1) is 19.6 Å². The van der Waals surface area contributed by atoms with Crippen LogP contribution in [-0.4, -0.2) is 40.1 Å². The molecule has 2 fully saturated rings. The first-order valence-corrected chi connectivity index (χ1v) is 11.2. The van der Waals surface area contributed by atoms with Gasteiger partial charge < -0.3 is 14.6 Å². The fourth-order valence-corrected chi connectivity index (χ4v) is 4.82. The van der Waals surface area contributed by atoms with Gasteiger partial charge in [-0.2, -0.15) is 4.98 Å². The lowest BCUT2D eigenvalue weighted by Gasteiger charge is -2.41. The Labute approximate surface area is 191 Å². The number of methoxy groups -OCH3 is 1. The Morgan fingerprint density at radius 2 is 2.00 bits per heavy atom. The molecule has 0 bridgehead atoms. The van der Waals surface area contributed by atoms with Crippen LogP contribution in [0.5, 0.6) is 5.75 Å². The van der Waals surface area contributed by atoms with E-state index in [0.717, 1.165) is 23.1 Å². The molecule has 2 aliphatic rings. The number of carbonyl (C=O) groups excluding carboxylic acids is 2. The molecule has 1 aliphatic carbocycles. The topological polar surface area (TPSA) is 97.6 Å². The Bertz CT molecular complexity index is 1190. The second kappa shape index (κ2) is 8.69. The summed E-state index contributed by atoms with van der Waals surface area (Å²) >= 11 is 0. The lowest BCUT2D eigenvalue weighted by Crippen LogP contribution is -2.60. The van der Waals surface area contributed by atoms with E-state index in [9.17, 15) is 9.59 Å². The summed E-state index contributed by atoms with van der Waals surface area (Å²) in [7, 11) is 1.59. The number of imide groups is 1. The fourth-order valence-electron chi connectivity index (χ4n) is 4.82. The van der Waals surface area contributed by atoms with Gasteiger partial charge in [0.25, 0.3) is 0 Å². The van der Waals surface area contributed by atoms with Crippen molar-refractivity contribution in [3.05, 3.63) is 65.5 Å². The lowest BCUT2D eigenvalue weighted by molar-refractivity contribution is -0.137. The van der Waals surface area contributed by atoms with E-state index in [2.05, 4.69) is 15.5 Å². The number of nitrogens with one attached hydrogen (secondary N) is 1. The number of nitrogens with zero attached hydrogens (tertiary/aromatic N) is 3. The zero-order valence-corrected chi connectivity index (χ0v) is 18.7. The van der Waals surface area contributed by atoms with E-state index in [1.807, 2.05) is 55.5 Å². The smallest absolute Gasteiger partial charge is 0.324 e. The monoisotopic (exact) mass is 446 g/mol. The average molecular weight is 447 g/mol. The largest absolute Gasteiger partial charge is 0.497 e. The minimum atomic E-state index is -0.365. The summed E-state index contributed by atoms with van der Waals surface area (Å²) in [6.07, 6.45) is 2.01. The SMILES string of the molecule is COc1cccc(CN2C(=O)NC3CC(c4nc(-c5ccccc5C)no4)CCC3C2=O)c1. The summed E-state index contributed by atoms with van der Waals surface area (Å²) in [6.45, 7) is 2.23. The molecule has 0 spiro atoms. The molecule has 170 valence electrons. The van der Waals surface area contributed by atoms with Crippen LogP contribution in [0.25, 0.3) is 11.4 Å². The predicted octanol–water partition coefficient (Wildman–Crippen LogP) is 4.06. The van der Waals surface area contributed by atoms with Crippen molar-refractivity contribution in [3.63, 3.8) is 0 Å². The normalized spacial score (nSPS) is 22.6. The van der Waals surface area contributed by atoms with E-state index in [-0.39, 0.29) is 36.4 Å². The number of amides is 3. The van der Waals surface area contributed by atoms with Gasteiger partial charge in [-0.15, -0.1) is 0 Å². The van der Waals surface area contributed by atoms with Crippen LogP contribution in [-0.2, 0) is 11.3 Å². The number of carbonyl (C=O) groups is 2. The summed E-state index contributed by atoms with van der Waals surface area (Å²) in [4.78, 5) is 31.9.